The molecule has 1 N–H and O–H groups in total. The molecule has 1 saturated carbocycles. The van der Waals surface area contributed by atoms with E-state index in [1.54, 1.807) is 0 Å². The van der Waals surface area contributed by atoms with Gasteiger partial charge in [-0.05, 0) is 18.4 Å². The van der Waals surface area contributed by atoms with Gasteiger partial charge in [-0.15, -0.1) is 11.3 Å². The molecule has 0 spiro atoms. The van der Waals surface area contributed by atoms with Crippen molar-refractivity contribution in [3.8, 4) is 0 Å². The van der Waals surface area contributed by atoms with Gasteiger partial charge in [-0.1, -0.05) is 36.8 Å². The number of aliphatic hydroxyl groups is 1. The van der Waals surface area contributed by atoms with E-state index in [-0.39, 0.29) is 4.88 Å². The largest absolute Gasteiger partial charge is 0.443 e. The lowest BCUT2D eigenvalue weighted by Crippen LogP contribution is -2.40. The second-order valence-electron chi connectivity index (χ2n) is 5.34. The van der Waals surface area contributed by atoms with Crippen molar-refractivity contribution in [2.45, 2.75) is 37.0 Å². The Bertz CT molecular complexity index is 619. The van der Waals surface area contributed by atoms with Gasteiger partial charge in [0.2, 0.25) is 0 Å². The summed E-state index contributed by atoms with van der Waals surface area (Å²) >= 11 is 0.533. The number of thiazole rings is 1. The maximum Gasteiger partial charge on any atom is 0.443 e. The molecule has 1 heterocycles. The zero-order valence-electron chi connectivity index (χ0n) is 11.1. The third-order valence-corrected chi connectivity index (χ3v) is 5.25. The van der Waals surface area contributed by atoms with Crippen molar-refractivity contribution < 1.29 is 18.3 Å². The van der Waals surface area contributed by atoms with E-state index in [0.717, 1.165) is 31.0 Å². The highest BCUT2D eigenvalue weighted by Gasteiger charge is 2.47. The van der Waals surface area contributed by atoms with Crippen LogP contribution >= 0.6 is 11.3 Å². The third-order valence-electron chi connectivity index (χ3n) is 4.15. The fourth-order valence-corrected chi connectivity index (χ4v) is 3.75. The summed E-state index contributed by atoms with van der Waals surface area (Å²) in [6.07, 6.45) is -1.73. The Hall–Kier alpha value is -1.40. The Kier molecular flexibility index (Phi) is 3.53. The van der Waals surface area contributed by atoms with E-state index in [0.29, 0.717) is 11.3 Å². The monoisotopic (exact) mass is 313 g/mol. The van der Waals surface area contributed by atoms with E-state index in [2.05, 4.69) is 4.98 Å². The van der Waals surface area contributed by atoms with Crippen LogP contribution in [0.25, 0.3) is 0 Å². The van der Waals surface area contributed by atoms with Crippen LogP contribution in [-0.2, 0) is 11.6 Å². The molecule has 0 radical (unpaired) electrons. The highest BCUT2D eigenvalue weighted by atomic mass is 32.1. The average molecular weight is 313 g/mol. The van der Waals surface area contributed by atoms with Crippen molar-refractivity contribution in [1.82, 2.24) is 4.98 Å². The summed E-state index contributed by atoms with van der Waals surface area (Å²) < 4.78 is 37.9. The molecule has 0 amide bonds. The van der Waals surface area contributed by atoms with Crippen LogP contribution in [-0.4, -0.2) is 10.1 Å². The Balaban J connectivity index is 1.93. The molecule has 1 aromatic heterocycles. The zero-order chi connectivity index (χ0) is 15.1. The Morgan fingerprint density at radius 2 is 1.86 bits per heavy atom. The smallest absolute Gasteiger partial charge is 0.387 e. The van der Waals surface area contributed by atoms with Crippen LogP contribution in [0, 0.1) is 0 Å². The van der Waals surface area contributed by atoms with Crippen molar-refractivity contribution in [2.24, 2.45) is 0 Å². The zero-order valence-corrected chi connectivity index (χ0v) is 11.9. The average Bonchev–Trinajstić information content (AvgIpc) is 2.88. The molecule has 1 unspecified atom stereocenters. The minimum absolute atomic E-state index is 0.283. The molecule has 2 nitrogen and oxygen atoms in total. The van der Waals surface area contributed by atoms with E-state index >= 15 is 0 Å². The molecule has 1 atom stereocenters. The van der Waals surface area contributed by atoms with Gasteiger partial charge in [-0.3, -0.25) is 0 Å². The molecular weight excluding hydrogens is 299 g/mol. The van der Waals surface area contributed by atoms with E-state index in [1.807, 2.05) is 30.3 Å². The third kappa shape index (κ3) is 2.46. The second kappa shape index (κ2) is 5.10. The van der Waals surface area contributed by atoms with E-state index in [4.69, 9.17) is 0 Å². The van der Waals surface area contributed by atoms with Crippen LogP contribution in [0.1, 0.15) is 40.8 Å². The van der Waals surface area contributed by atoms with Crippen LogP contribution in [0.15, 0.2) is 36.5 Å². The van der Waals surface area contributed by atoms with Crippen molar-refractivity contribution in [3.63, 3.8) is 0 Å². The first-order valence-electron chi connectivity index (χ1n) is 6.70. The molecule has 0 aliphatic heterocycles. The number of nitrogens with zero attached hydrogens (tertiary/aromatic N) is 1. The molecule has 3 rings (SSSR count). The summed E-state index contributed by atoms with van der Waals surface area (Å²) in [4.78, 5) is 3.69. The summed E-state index contributed by atoms with van der Waals surface area (Å²) in [5.41, 5.74) is 0.502. The first-order chi connectivity index (χ1) is 9.93. The van der Waals surface area contributed by atoms with Gasteiger partial charge in [0.1, 0.15) is 0 Å². The molecule has 1 aromatic carbocycles. The Morgan fingerprint density at radius 1 is 1.19 bits per heavy atom. The molecule has 21 heavy (non-hydrogen) atoms. The lowest BCUT2D eigenvalue weighted by Gasteiger charge is -2.45. The van der Waals surface area contributed by atoms with Gasteiger partial charge in [-0.25, -0.2) is 4.98 Å². The van der Waals surface area contributed by atoms with Crippen molar-refractivity contribution >= 4 is 11.3 Å². The van der Waals surface area contributed by atoms with Crippen molar-refractivity contribution in [3.05, 3.63) is 52.0 Å². The summed E-state index contributed by atoms with van der Waals surface area (Å²) in [6, 6.07) is 9.50. The van der Waals surface area contributed by atoms with Crippen molar-refractivity contribution in [2.75, 3.05) is 0 Å². The van der Waals surface area contributed by atoms with E-state index in [9.17, 15) is 18.3 Å². The van der Waals surface area contributed by atoms with E-state index < -0.39 is 22.7 Å². The van der Waals surface area contributed by atoms with Gasteiger partial charge < -0.3 is 5.11 Å². The highest BCUT2D eigenvalue weighted by Crippen LogP contribution is 2.53. The van der Waals surface area contributed by atoms with Gasteiger partial charge in [-0.2, -0.15) is 13.2 Å². The van der Waals surface area contributed by atoms with Crippen LogP contribution < -0.4 is 0 Å². The minimum Gasteiger partial charge on any atom is -0.387 e. The minimum atomic E-state index is -4.46. The number of benzene rings is 1. The molecule has 1 aliphatic carbocycles. The number of rotatable bonds is 3. The van der Waals surface area contributed by atoms with Crippen LogP contribution in [0.5, 0.6) is 0 Å². The quantitative estimate of drug-likeness (QED) is 0.915. The molecule has 6 heteroatoms. The molecule has 112 valence electrons. The van der Waals surface area contributed by atoms with Crippen LogP contribution in [0.4, 0.5) is 13.2 Å². The lowest BCUT2D eigenvalue weighted by atomic mass is 9.61. The van der Waals surface area contributed by atoms with Crippen LogP contribution in [0.3, 0.4) is 0 Å². The highest BCUT2D eigenvalue weighted by molar-refractivity contribution is 7.11. The van der Waals surface area contributed by atoms with E-state index in [1.165, 1.54) is 0 Å². The van der Waals surface area contributed by atoms with Gasteiger partial charge >= 0.3 is 6.18 Å². The molecule has 2 aromatic rings. The first-order valence-corrected chi connectivity index (χ1v) is 7.52. The number of alkyl halides is 3. The summed E-state index contributed by atoms with van der Waals surface area (Å²) in [7, 11) is 0. The Labute approximate surface area is 124 Å². The lowest BCUT2D eigenvalue weighted by molar-refractivity contribution is -0.137. The number of hydrogen-bond acceptors (Lipinski definition) is 3. The molecule has 1 aliphatic rings. The van der Waals surface area contributed by atoms with Gasteiger partial charge in [0.05, 0.1) is 11.0 Å². The van der Waals surface area contributed by atoms with Gasteiger partial charge in [0.25, 0.3) is 0 Å². The fraction of sp³-hybridized carbons (Fsp3) is 0.400. The summed E-state index contributed by atoms with van der Waals surface area (Å²) in [6.45, 7) is 0. The molecule has 1 fully saturated rings. The predicted molar refractivity (Wildman–Crippen MR) is 74.0 cm³/mol. The topological polar surface area (TPSA) is 33.1 Å². The number of hydrogen-bond donors (Lipinski definition) is 1. The van der Waals surface area contributed by atoms with Crippen molar-refractivity contribution in [1.29, 1.82) is 0 Å². The molecule has 0 saturated heterocycles. The van der Waals surface area contributed by atoms with Gasteiger partial charge in [0, 0.05) is 11.6 Å². The maximum atomic E-state index is 12.6. The number of aromatic nitrogens is 1. The number of aliphatic hydroxyl groups excluding tert-OH is 1. The second-order valence-corrected chi connectivity index (χ2v) is 6.41. The fourth-order valence-electron chi connectivity index (χ4n) is 2.86. The normalized spacial score (nSPS) is 19.0. The van der Waals surface area contributed by atoms with Gasteiger partial charge in [0.15, 0.2) is 5.01 Å². The molecular formula is C15H14F3NOS. The molecule has 0 bridgehead atoms. The Morgan fingerprint density at radius 3 is 2.33 bits per heavy atom. The summed E-state index contributed by atoms with van der Waals surface area (Å²) in [5, 5.41) is 9.72. The summed E-state index contributed by atoms with van der Waals surface area (Å²) in [5.74, 6) is 0. The maximum absolute atomic E-state index is 12.6. The number of halogens is 3. The first kappa shape index (κ1) is 14.5. The van der Waals surface area contributed by atoms with Crippen LogP contribution in [0.2, 0.25) is 0 Å². The SMILES string of the molecule is OC(c1cnc(C(F)(F)F)s1)C1(c2ccccc2)CCC1. The predicted octanol–water partition coefficient (Wildman–Crippen LogP) is 4.32. The standard InChI is InChI=1S/C15H14F3NOS/c16-15(17,18)13-19-9-11(21-13)12(20)14(7-4-8-14)10-5-2-1-3-6-10/h1-3,5-6,9,12,20H,4,7-8H2.